The number of carbonyl (C=O) groups is 4. The number of methoxy groups -OCH3 is 2. The molecule has 330 valence electrons. The molecule has 4 aromatic rings. The second-order valence-corrected chi connectivity index (χ2v) is 19.2. The van der Waals surface area contributed by atoms with Gasteiger partial charge in [-0.1, -0.05) is 76.9 Å². The molecular weight excluding hydrogens is 807 g/mol. The monoisotopic (exact) mass is 865 g/mol. The average molecular weight is 866 g/mol. The van der Waals surface area contributed by atoms with Crippen molar-refractivity contribution in [3.05, 3.63) is 66.0 Å². The van der Waals surface area contributed by atoms with E-state index in [1.54, 1.807) is 0 Å². The number of carbonyl (C=O) groups excluding carboxylic acids is 4. The number of aromatic amines is 2. The van der Waals surface area contributed by atoms with Gasteiger partial charge in [-0.25, -0.2) is 19.6 Å². The summed E-state index contributed by atoms with van der Waals surface area (Å²) in [6, 6.07) is 11.2. The fraction of sp³-hybridized carbons (Fsp3) is 0.522. The van der Waals surface area contributed by atoms with Crippen LogP contribution in [0.15, 0.2) is 48.8 Å². The Bertz CT molecular complexity index is 2300. The molecule has 2 aromatic heterocycles. The number of amides is 4. The maximum absolute atomic E-state index is 13.8. The fourth-order valence-electron chi connectivity index (χ4n) is 9.99. The van der Waals surface area contributed by atoms with Gasteiger partial charge in [-0.15, -0.1) is 0 Å². The smallest absolute Gasteiger partial charge is 0.407 e. The van der Waals surface area contributed by atoms with Crippen LogP contribution in [0.4, 0.5) is 15.3 Å². The van der Waals surface area contributed by atoms with Crippen molar-refractivity contribution in [3.63, 3.8) is 0 Å². The minimum Gasteiger partial charge on any atom is -0.453 e. The number of nitrogens with one attached hydrogen (secondary N) is 4. The van der Waals surface area contributed by atoms with Crippen LogP contribution < -0.4 is 14.9 Å². The zero-order chi connectivity index (χ0) is 43.9. The van der Waals surface area contributed by atoms with E-state index >= 15 is 0 Å². The first kappa shape index (κ1) is 43.2. The predicted octanol–water partition coefficient (Wildman–Crippen LogP) is 8.09. The highest BCUT2D eigenvalue weighted by atomic mass is 32.2. The number of nitrogens with zero attached hydrogens (tertiary/aromatic N) is 5. The first-order valence-electron chi connectivity index (χ1n) is 21.9. The highest BCUT2D eigenvalue weighted by Gasteiger charge is 2.48. The third-order valence-corrected chi connectivity index (χ3v) is 14.6. The molecule has 3 aliphatic heterocycles. The summed E-state index contributed by atoms with van der Waals surface area (Å²) in [4.78, 5) is 72.2. The molecule has 16 heteroatoms. The Morgan fingerprint density at radius 1 is 0.710 bits per heavy atom. The molecule has 0 radical (unpaired) electrons. The normalized spacial score (nSPS) is 20.2. The van der Waals surface area contributed by atoms with E-state index < -0.39 is 24.3 Å². The van der Waals surface area contributed by atoms with Gasteiger partial charge in [-0.2, -0.15) is 0 Å². The van der Waals surface area contributed by atoms with Gasteiger partial charge in [0.2, 0.25) is 11.8 Å². The number of likely N-dealkylation sites (tertiary alicyclic amines) is 2. The van der Waals surface area contributed by atoms with Gasteiger partial charge in [-0.05, 0) is 79.0 Å². The number of aromatic nitrogens is 4. The lowest BCUT2D eigenvalue weighted by Crippen LogP contribution is -2.51. The summed E-state index contributed by atoms with van der Waals surface area (Å²) in [7, 11) is 4.76. The lowest BCUT2D eigenvalue weighted by Gasteiger charge is -2.30. The number of anilines is 1. The lowest BCUT2D eigenvalue weighted by atomic mass is 9.85. The first-order valence-corrected chi connectivity index (χ1v) is 22.7. The lowest BCUT2D eigenvalue weighted by molar-refractivity contribution is -0.136. The van der Waals surface area contributed by atoms with Crippen LogP contribution in [0.2, 0.25) is 0 Å². The van der Waals surface area contributed by atoms with Crippen molar-refractivity contribution < 1.29 is 28.7 Å². The van der Waals surface area contributed by atoms with E-state index in [0.717, 1.165) is 78.3 Å². The van der Waals surface area contributed by atoms with Gasteiger partial charge < -0.3 is 44.2 Å². The first-order chi connectivity index (χ1) is 29.8. The number of alkyl carbamates (subject to hydrolysis) is 2. The Morgan fingerprint density at radius 2 is 1.19 bits per heavy atom. The van der Waals surface area contributed by atoms with Gasteiger partial charge in [-0.3, -0.25) is 9.59 Å². The van der Waals surface area contributed by atoms with Gasteiger partial charge >= 0.3 is 12.2 Å². The number of fused-ring (bicyclic) bond motifs is 2. The molecule has 1 aliphatic carbocycles. The third kappa shape index (κ3) is 8.01. The van der Waals surface area contributed by atoms with E-state index in [2.05, 4.69) is 68.4 Å². The van der Waals surface area contributed by atoms with Crippen LogP contribution in [0.25, 0.3) is 33.6 Å². The van der Waals surface area contributed by atoms with Gasteiger partial charge in [0.1, 0.15) is 23.7 Å². The molecule has 4 N–H and O–H groups in total. The van der Waals surface area contributed by atoms with Crippen molar-refractivity contribution in [3.8, 4) is 33.6 Å². The van der Waals surface area contributed by atoms with Crippen molar-refractivity contribution in [1.82, 2.24) is 40.4 Å². The number of hydrogen-bond acceptors (Lipinski definition) is 10. The van der Waals surface area contributed by atoms with Crippen LogP contribution in [0.3, 0.4) is 0 Å². The summed E-state index contributed by atoms with van der Waals surface area (Å²) in [5, 5.41) is 5.46. The van der Waals surface area contributed by atoms with Gasteiger partial charge in [0.25, 0.3) is 0 Å². The molecule has 4 atom stereocenters. The van der Waals surface area contributed by atoms with E-state index in [0.29, 0.717) is 13.1 Å². The second kappa shape index (κ2) is 17.7. The summed E-state index contributed by atoms with van der Waals surface area (Å²) in [5.74, 6) is 0.986. The summed E-state index contributed by atoms with van der Waals surface area (Å²) in [6.07, 6.45) is 10.3. The van der Waals surface area contributed by atoms with Crippen molar-refractivity contribution in [2.45, 2.75) is 108 Å². The molecule has 4 amide bonds. The standard InChI is InChI=1S/C46H59N9O6S/c1-26(2)37(51-44(58)60-6)42(56)54-22-10-12-34(54)40-47-24-32(49-40)29-16-14-28(15-17-29)30-18-19-31(39-36(30)46(62-53(39)5)20-8-9-21-46)33-25-48-41(50-33)35-13-11-23-55(35)43(57)38(27(3)4)52-45(59)61-7/h14-19,24-27,34-35,37-38H,8-13,20-23H2,1-7H3,(H,47,49)(H,48,50)(H,51,58)(H,52,59)/t34-,35-,37+,38+/m1/s1. The van der Waals surface area contributed by atoms with Gasteiger partial charge in [0, 0.05) is 31.3 Å². The molecule has 0 unspecified atom stereocenters. The Labute approximate surface area is 367 Å². The third-order valence-electron chi connectivity index (χ3n) is 13.1. The SMILES string of the molecule is COC(=O)N[C@H](C(=O)N1CCC[C@@H]1c1ncc(-c2ccc(-c3ccc(-c4cnc([C@H]5CCCN5C(=O)[C@@H](NC(=O)OC)C(C)C)[nH]4)c4c3C3(CCCC3)SN4C)cc2)[nH]1)C(C)C. The van der Waals surface area contributed by atoms with Crippen molar-refractivity contribution in [2.24, 2.45) is 11.8 Å². The number of rotatable bonds is 11. The Hall–Kier alpha value is -5.51. The number of hydrogen-bond donors (Lipinski definition) is 4. The maximum atomic E-state index is 13.8. The van der Waals surface area contributed by atoms with Gasteiger partial charge in [0.05, 0.1) is 60.5 Å². The molecule has 1 saturated carbocycles. The topological polar surface area (TPSA) is 178 Å². The van der Waals surface area contributed by atoms with Crippen LogP contribution in [-0.4, -0.2) is 100 Å². The summed E-state index contributed by atoms with van der Waals surface area (Å²) >= 11 is 1.93. The summed E-state index contributed by atoms with van der Waals surface area (Å²) in [6.45, 7) is 8.85. The van der Waals surface area contributed by atoms with Crippen molar-refractivity contribution >= 4 is 41.6 Å². The van der Waals surface area contributed by atoms with E-state index in [1.165, 1.54) is 43.9 Å². The summed E-state index contributed by atoms with van der Waals surface area (Å²) in [5.41, 5.74) is 8.74. The zero-order valence-corrected chi connectivity index (χ0v) is 37.6. The Kier molecular flexibility index (Phi) is 12.3. The highest BCUT2D eigenvalue weighted by Crippen LogP contribution is 2.63. The molecule has 3 fully saturated rings. The quantitative estimate of drug-likeness (QED) is 0.108. The molecule has 8 rings (SSSR count). The largest absolute Gasteiger partial charge is 0.453 e. The van der Waals surface area contributed by atoms with Crippen molar-refractivity contribution in [2.75, 3.05) is 38.7 Å². The average Bonchev–Trinajstić information content (AvgIpc) is 4.13. The maximum Gasteiger partial charge on any atom is 0.407 e. The summed E-state index contributed by atoms with van der Waals surface area (Å²) < 4.78 is 11.9. The van der Waals surface area contributed by atoms with E-state index in [1.807, 2.05) is 61.8 Å². The van der Waals surface area contributed by atoms with Crippen LogP contribution in [-0.2, 0) is 23.8 Å². The van der Waals surface area contributed by atoms with Crippen LogP contribution >= 0.6 is 11.9 Å². The Balaban J connectivity index is 1.06. The number of imidazole rings is 2. The number of H-pyrrole nitrogens is 2. The molecule has 15 nitrogen and oxygen atoms in total. The van der Waals surface area contributed by atoms with Crippen LogP contribution in [0, 0.1) is 11.8 Å². The molecule has 2 saturated heterocycles. The number of benzene rings is 2. The zero-order valence-electron chi connectivity index (χ0n) is 36.7. The van der Waals surface area contributed by atoms with Crippen LogP contribution in [0.1, 0.15) is 108 Å². The molecule has 62 heavy (non-hydrogen) atoms. The molecule has 0 bridgehead atoms. The molecule has 1 spiro atoms. The molecule has 4 aliphatic rings. The minimum absolute atomic E-state index is 0.0338. The van der Waals surface area contributed by atoms with Crippen molar-refractivity contribution in [1.29, 1.82) is 0 Å². The molecule has 5 heterocycles. The molecular formula is C46H59N9O6S. The predicted molar refractivity (Wildman–Crippen MR) is 239 cm³/mol. The van der Waals surface area contributed by atoms with E-state index in [4.69, 9.17) is 19.4 Å². The molecule has 2 aromatic carbocycles. The highest BCUT2D eigenvalue weighted by molar-refractivity contribution is 8.02. The van der Waals surface area contributed by atoms with Crippen LogP contribution in [0.5, 0.6) is 0 Å². The Morgan fingerprint density at radius 3 is 1.71 bits per heavy atom. The second-order valence-electron chi connectivity index (χ2n) is 17.7. The van der Waals surface area contributed by atoms with E-state index in [-0.39, 0.29) is 40.5 Å². The van der Waals surface area contributed by atoms with Gasteiger partial charge in [0.15, 0.2) is 0 Å². The van der Waals surface area contributed by atoms with E-state index in [9.17, 15) is 19.2 Å². The number of ether oxygens (including phenoxy) is 2. The fourth-order valence-corrected chi connectivity index (χ4v) is 11.6. The minimum atomic E-state index is -0.699.